The number of carbonyl (C=O) groups is 2. The molecule has 0 radical (unpaired) electrons. The monoisotopic (exact) mass is 213 g/mol. The maximum atomic E-state index is 11.3. The first-order valence-electron chi connectivity index (χ1n) is 4.65. The van der Waals surface area contributed by atoms with Crippen molar-refractivity contribution in [2.75, 3.05) is 20.3 Å². The van der Waals surface area contributed by atoms with Gasteiger partial charge in [0.05, 0.1) is 0 Å². The fourth-order valence-corrected chi connectivity index (χ4v) is 1.37. The Morgan fingerprint density at radius 1 is 1.40 bits per heavy atom. The molecule has 0 fully saturated rings. The number of nitrogens with zero attached hydrogens (tertiary/aromatic N) is 1. The molecule has 2 amide bonds. The van der Waals surface area contributed by atoms with Gasteiger partial charge in [-0.2, -0.15) is 0 Å². The molecule has 0 saturated heterocycles. The largest absolute Gasteiger partial charge is 0.385 e. The number of hydrazine groups is 1. The van der Waals surface area contributed by atoms with Crippen LogP contribution in [0.15, 0.2) is 11.3 Å². The summed E-state index contributed by atoms with van der Waals surface area (Å²) in [5.74, 6) is 4.86. The van der Waals surface area contributed by atoms with Crippen LogP contribution in [0.2, 0.25) is 0 Å². The second-order valence-electron chi connectivity index (χ2n) is 3.30. The van der Waals surface area contributed by atoms with Crippen molar-refractivity contribution in [3.8, 4) is 0 Å². The molecule has 0 saturated carbocycles. The van der Waals surface area contributed by atoms with Crippen LogP contribution in [0.1, 0.15) is 13.3 Å². The Kier molecular flexibility index (Phi) is 3.81. The Morgan fingerprint density at radius 3 is 2.53 bits per heavy atom. The number of ether oxygens (including phenoxy) is 1. The van der Waals surface area contributed by atoms with Crippen LogP contribution < -0.4 is 11.2 Å². The summed E-state index contributed by atoms with van der Waals surface area (Å²) in [5.41, 5.74) is 0.607. The van der Waals surface area contributed by atoms with Gasteiger partial charge in [-0.1, -0.05) is 0 Å². The number of carbonyl (C=O) groups excluding carboxylic acids is 2. The zero-order chi connectivity index (χ0) is 11.4. The van der Waals surface area contributed by atoms with Crippen LogP contribution in [0.3, 0.4) is 0 Å². The quantitative estimate of drug-likeness (QED) is 0.268. The summed E-state index contributed by atoms with van der Waals surface area (Å²) in [4.78, 5) is 22.5. The average Bonchev–Trinajstić information content (AvgIpc) is 2.41. The smallest absolute Gasteiger partial charge is 0.276 e. The first-order chi connectivity index (χ1) is 7.07. The number of hydrogen-bond acceptors (Lipinski definition) is 5. The van der Waals surface area contributed by atoms with Crippen molar-refractivity contribution in [3.05, 3.63) is 11.3 Å². The summed E-state index contributed by atoms with van der Waals surface area (Å²) in [7, 11) is 1.59. The van der Waals surface area contributed by atoms with Gasteiger partial charge in [0.1, 0.15) is 5.70 Å². The summed E-state index contributed by atoms with van der Waals surface area (Å²) in [6, 6.07) is 0. The molecule has 1 rings (SSSR count). The van der Waals surface area contributed by atoms with Gasteiger partial charge in [-0.05, 0) is 13.3 Å². The molecule has 0 bridgehead atoms. The second kappa shape index (κ2) is 4.90. The number of amides is 2. The predicted octanol–water partition coefficient (Wildman–Crippen LogP) is -0.871. The van der Waals surface area contributed by atoms with Gasteiger partial charge in [0, 0.05) is 25.8 Å². The predicted molar refractivity (Wildman–Crippen MR) is 53.2 cm³/mol. The van der Waals surface area contributed by atoms with Crippen LogP contribution in [-0.2, 0) is 14.3 Å². The van der Waals surface area contributed by atoms with Gasteiger partial charge in [0.15, 0.2) is 0 Å². The van der Waals surface area contributed by atoms with E-state index in [0.29, 0.717) is 25.1 Å². The summed E-state index contributed by atoms with van der Waals surface area (Å²) in [6.07, 6.45) is 0.700. The Balaban J connectivity index is 2.62. The highest BCUT2D eigenvalue weighted by atomic mass is 16.5. The second-order valence-corrected chi connectivity index (χ2v) is 3.30. The molecule has 84 valence electrons. The minimum atomic E-state index is -0.433. The van der Waals surface area contributed by atoms with Gasteiger partial charge in [0.25, 0.3) is 11.8 Å². The first-order valence-corrected chi connectivity index (χ1v) is 4.65. The third kappa shape index (κ3) is 2.54. The van der Waals surface area contributed by atoms with E-state index in [2.05, 4.69) is 5.32 Å². The lowest BCUT2D eigenvalue weighted by atomic mass is 10.2. The van der Waals surface area contributed by atoms with E-state index in [4.69, 9.17) is 10.6 Å². The lowest BCUT2D eigenvalue weighted by molar-refractivity contribution is -0.124. The maximum Gasteiger partial charge on any atom is 0.276 e. The van der Waals surface area contributed by atoms with E-state index in [0.717, 1.165) is 0 Å². The average molecular weight is 213 g/mol. The van der Waals surface area contributed by atoms with Crippen LogP contribution in [-0.4, -0.2) is 37.1 Å². The van der Waals surface area contributed by atoms with Crippen molar-refractivity contribution >= 4 is 11.8 Å². The zero-order valence-electron chi connectivity index (χ0n) is 8.87. The van der Waals surface area contributed by atoms with Crippen LogP contribution >= 0.6 is 0 Å². The van der Waals surface area contributed by atoms with E-state index in [9.17, 15) is 9.59 Å². The van der Waals surface area contributed by atoms with Crippen LogP contribution in [0.25, 0.3) is 0 Å². The molecule has 0 aromatic rings. The number of imide groups is 1. The minimum Gasteiger partial charge on any atom is -0.385 e. The third-order valence-corrected chi connectivity index (χ3v) is 2.17. The minimum absolute atomic E-state index is 0.246. The molecular formula is C9H15N3O3. The number of nitrogens with one attached hydrogen (secondary N) is 1. The molecule has 1 heterocycles. The number of nitrogens with two attached hydrogens (primary N) is 1. The van der Waals surface area contributed by atoms with Crippen molar-refractivity contribution in [3.63, 3.8) is 0 Å². The van der Waals surface area contributed by atoms with E-state index in [1.165, 1.54) is 5.01 Å². The van der Waals surface area contributed by atoms with Crippen LogP contribution in [0.5, 0.6) is 0 Å². The molecule has 0 aromatic carbocycles. The standard InChI is InChI=1S/C9H15N3O3/c1-6-7(9(14)11-8(6)13)12(10)4-3-5-15-2/h3-5,10H2,1-2H3,(H,11,13,14). The van der Waals surface area contributed by atoms with E-state index in [-0.39, 0.29) is 11.6 Å². The Hall–Kier alpha value is -1.40. The highest BCUT2D eigenvalue weighted by molar-refractivity contribution is 6.18. The fourth-order valence-electron chi connectivity index (χ4n) is 1.37. The molecule has 6 heteroatoms. The summed E-state index contributed by atoms with van der Waals surface area (Å²) < 4.78 is 4.86. The highest BCUT2D eigenvalue weighted by Gasteiger charge is 2.29. The molecule has 15 heavy (non-hydrogen) atoms. The zero-order valence-corrected chi connectivity index (χ0v) is 8.87. The number of rotatable bonds is 5. The summed E-state index contributed by atoms with van der Waals surface area (Å²) in [5, 5.41) is 3.47. The Morgan fingerprint density at radius 2 is 2.07 bits per heavy atom. The highest BCUT2D eigenvalue weighted by Crippen LogP contribution is 2.13. The molecule has 0 spiro atoms. The van der Waals surface area contributed by atoms with E-state index in [1.54, 1.807) is 14.0 Å². The van der Waals surface area contributed by atoms with Crippen molar-refractivity contribution in [1.82, 2.24) is 10.3 Å². The van der Waals surface area contributed by atoms with Crippen molar-refractivity contribution in [2.45, 2.75) is 13.3 Å². The number of methoxy groups -OCH3 is 1. The molecule has 1 aliphatic heterocycles. The summed E-state index contributed by atoms with van der Waals surface area (Å²) >= 11 is 0. The maximum absolute atomic E-state index is 11.3. The van der Waals surface area contributed by atoms with Crippen LogP contribution in [0.4, 0.5) is 0 Å². The van der Waals surface area contributed by atoms with Crippen LogP contribution in [0, 0.1) is 0 Å². The van der Waals surface area contributed by atoms with Crippen molar-refractivity contribution in [2.24, 2.45) is 5.84 Å². The molecule has 0 unspecified atom stereocenters. The molecular weight excluding hydrogens is 198 g/mol. The first kappa shape index (κ1) is 11.7. The molecule has 0 aromatic heterocycles. The molecule has 6 nitrogen and oxygen atoms in total. The SMILES string of the molecule is COCCCN(N)C1=C(C)C(=O)NC1=O. The molecule has 3 N–H and O–H groups in total. The fraction of sp³-hybridized carbons (Fsp3) is 0.556. The van der Waals surface area contributed by atoms with Crippen molar-refractivity contribution < 1.29 is 14.3 Å². The van der Waals surface area contributed by atoms with Gasteiger partial charge in [-0.15, -0.1) is 0 Å². The lowest BCUT2D eigenvalue weighted by Gasteiger charge is -2.18. The lowest BCUT2D eigenvalue weighted by Crippen LogP contribution is -2.36. The Labute approximate surface area is 88.0 Å². The molecule has 0 aliphatic carbocycles. The Bertz CT molecular complexity index is 312. The van der Waals surface area contributed by atoms with Gasteiger partial charge in [-0.25, -0.2) is 5.84 Å². The molecule has 1 aliphatic rings. The normalized spacial score (nSPS) is 15.9. The van der Waals surface area contributed by atoms with Gasteiger partial charge >= 0.3 is 0 Å². The molecule has 0 atom stereocenters. The van der Waals surface area contributed by atoms with Gasteiger partial charge in [-0.3, -0.25) is 14.9 Å². The summed E-state index contributed by atoms with van der Waals surface area (Å²) in [6.45, 7) is 2.61. The third-order valence-electron chi connectivity index (χ3n) is 2.17. The van der Waals surface area contributed by atoms with E-state index < -0.39 is 5.91 Å². The van der Waals surface area contributed by atoms with Gasteiger partial charge in [0.2, 0.25) is 0 Å². The van der Waals surface area contributed by atoms with E-state index >= 15 is 0 Å². The number of hydrogen-bond donors (Lipinski definition) is 2. The topological polar surface area (TPSA) is 84.7 Å². The van der Waals surface area contributed by atoms with Gasteiger partial charge < -0.3 is 9.75 Å². The van der Waals surface area contributed by atoms with Crippen molar-refractivity contribution in [1.29, 1.82) is 0 Å². The van der Waals surface area contributed by atoms with E-state index in [1.807, 2.05) is 0 Å².